The molecule has 0 spiro atoms. The van der Waals surface area contributed by atoms with E-state index in [1.165, 1.54) is 35.6 Å². The molecule has 1 N–H and O–H groups in total. The minimum Gasteiger partial charge on any atom is -0.307 e. The lowest BCUT2D eigenvalue weighted by Gasteiger charge is -2.24. The predicted molar refractivity (Wildman–Crippen MR) is 80.1 cm³/mol. The van der Waals surface area contributed by atoms with E-state index in [4.69, 9.17) is 0 Å². The van der Waals surface area contributed by atoms with E-state index in [0.717, 1.165) is 5.92 Å². The van der Waals surface area contributed by atoms with Crippen molar-refractivity contribution in [3.8, 4) is 0 Å². The van der Waals surface area contributed by atoms with E-state index in [9.17, 15) is 0 Å². The fourth-order valence-electron chi connectivity index (χ4n) is 3.33. The highest BCUT2D eigenvalue weighted by Gasteiger charge is 2.25. The molecule has 3 atom stereocenters. The zero-order valence-corrected chi connectivity index (χ0v) is 11.8. The molecule has 2 nitrogen and oxygen atoms in total. The van der Waals surface area contributed by atoms with Crippen LogP contribution in [0.2, 0.25) is 0 Å². The van der Waals surface area contributed by atoms with Gasteiger partial charge in [-0.3, -0.25) is 4.98 Å². The Hall–Kier alpha value is -1.41. The average molecular weight is 254 g/mol. The molecule has 19 heavy (non-hydrogen) atoms. The van der Waals surface area contributed by atoms with Gasteiger partial charge in [0.05, 0.1) is 0 Å². The second kappa shape index (κ2) is 5.30. The Kier molecular flexibility index (Phi) is 3.52. The van der Waals surface area contributed by atoms with Crippen molar-refractivity contribution in [2.45, 2.75) is 45.2 Å². The quantitative estimate of drug-likeness (QED) is 0.893. The molecule has 0 amide bonds. The molecule has 1 fully saturated rings. The third-order valence-corrected chi connectivity index (χ3v) is 4.51. The average Bonchev–Trinajstić information content (AvgIpc) is 2.83. The maximum atomic E-state index is 4.21. The van der Waals surface area contributed by atoms with Crippen molar-refractivity contribution in [2.75, 3.05) is 0 Å². The highest BCUT2D eigenvalue weighted by molar-refractivity contribution is 5.85. The maximum absolute atomic E-state index is 4.21. The smallest absolute Gasteiger partial charge is 0.0346 e. The molecule has 1 aromatic heterocycles. The van der Waals surface area contributed by atoms with E-state index in [-0.39, 0.29) is 0 Å². The second-order valence-electron chi connectivity index (χ2n) is 5.85. The van der Waals surface area contributed by atoms with Crippen molar-refractivity contribution >= 4 is 10.8 Å². The van der Waals surface area contributed by atoms with Gasteiger partial charge in [0.2, 0.25) is 0 Å². The second-order valence-corrected chi connectivity index (χ2v) is 5.85. The van der Waals surface area contributed by atoms with Crippen molar-refractivity contribution in [1.82, 2.24) is 10.3 Å². The monoisotopic (exact) mass is 254 g/mol. The van der Waals surface area contributed by atoms with Gasteiger partial charge >= 0.3 is 0 Å². The van der Waals surface area contributed by atoms with Crippen LogP contribution in [0.3, 0.4) is 0 Å². The third kappa shape index (κ3) is 2.50. The van der Waals surface area contributed by atoms with E-state index >= 15 is 0 Å². The largest absolute Gasteiger partial charge is 0.307 e. The Morgan fingerprint density at radius 2 is 2.16 bits per heavy atom. The van der Waals surface area contributed by atoms with Gasteiger partial charge in [0.25, 0.3) is 0 Å². The zero-order valence-electron chi connectivity index (χ0n) is 11.8. The molecule has 1 saturated carbocycles. The number of nitrogens with zero attached hydrogens (tertiary/aromatic N) is 1. The Morgan fingerprint density at radius 1 is 1.26 bits per heavy atom. The molecule has 1 heterocycles. The van der Waals surface area contributed by atoms with Crippen LogP contribution in [0.1, 0.15) is 44.7 Å². The molecule has 0 saturated heterocycles. The first-order valence-corrected chi connectivity index (χ1v) is 7.34. The first-order valence-electron chi connectivity index (χ1n) is 7.34. The third-order valence-electron chi connectivity index (χ3n) is 4.51. The van der Waals surface area contributed by atoms with Crippen LogP contribution in [0, 0.1) is 5.92 Å². The van der Waals surface area contributed by atoms with Crippen LogP contribution < -0.4 is 5.32 Å². The Bertz CT molecular complexity index is 559. The number of pyridine rings is 1. The first kappa shape index (κ1) is 12.6. The van der Waals surface area contributed by atoms with Gasteiger partial charge < -0.3 is 5.32 Å². The van der Waals surface area contributed by atoms with Crippen molar-refractivity contribution in [1.29, 1.82) is 0 Å². The minimum absolute atomic E-state index is 0.400. The van der Waals surface area contributed by atoms with E-state index in [1.807, 2.05) is 12.4 Å². The van der Waals surface area contributed by atoms with E-state index < -0.39 is 0 Å². The first-order chi connectivity index (χ1) is 9.25. The van der Waals surface area contributed by atoms with Crippen LogP contribution >= 0.6 is 0 Å². The number of benzene rings is 1. The van der Waals surface area contributed by atoms with Crippen LogP contribution in [0.4, 0.5) is 0 Å². The number of hydrogen-bond donors (Lipinski definition) is 1. The van der Waals surface area contributed by atoms with Crippen molar-refractivity contribution in [3.05, 3.63) is 42.2 Å². The summed E-state index contributed by atoms with van der Waals surface area (Å²) in [5.74, 6) is 0.805. The molecule has 2 aromatic rings. The van der Waals surface area contributed by atoms with E-state index in [1.54, 1.807) is 0 Å². The molecule has 0 bridgehead atoms. The maximum Gasteiger partial charge on any atom is 0.0346 e. The summed E-state index contributed by atoms with van der Waals surface area (Å²) in [4.78, 5) is 4.21. The van der Waals surface area contributed by atoms with E-state index in [0.29, 0.717) is 12.1 Å². The van der Waals surface area contributed by atoms with Gasteiger partial charge in [0.15, 0.2) is 0 Å². The number of nitrogens with one attached hydrogen (secondary N) is 1. The van der Waals surface area contributed by atoms with Gasteiger partial charge in [-0.25, -0.2) is 0 Å². The summed E-state index contributed by atoms with van der Waals surface area (Å²) in [6.07, 6.45) is 7.88. The number of aromatic nitrogens is 1. The lowest BCUT2D eigenvalue weighted by molar-refractivity contribution is 0.389. The summed E-state index contributed by atoms with van der Waals surface area (Å²) < 4.78 is 0. The summed E-state index contributed by atoms with van der Waals surface area (Å²) in [5.41, 5.74) is 1.39. The molecule has 1 aliphatic rings. The summed E-state index contributed by atoms with van der Waals surface area (Å²) in [6.45, 7) is 4.64. The number of fused-ring (bicyclic) bond motifs is 1. The minimum atomic E-state index is 0.400. The van der Waals surface area contributed by atoms with Crippen LogP contribution in [0.15, 0.2) is 36.7 Å². The van der Waals surface area contributed by atoms with Gasteiger partial charge in [-0.05, 0) is 42.7 Å². The molecule has 2 unspecified atom stereocenters. The molecule has 0 radical (unpaired) electrons. The zero-order chi connectivity index (χ0) is 13.2. The summed E-state index contributed by atoms with van der Waals surface area (Å²) >= 11 is 0. The van der Waals surface area contributed by atoms with Crippen molar-refractivity contribution < 1.29 is 0 Å². The molecule has 3 rings (SSSR count). The van der Waals surface area contributed by atoms with Crippen LogP contribution in [0.5, 0.6) is 0 Å². The Morgan fingerprint density at radius 3 is 2.95 bits per heavy atom. The normalized spacial score (nSPS) is 24.7. The van der Waals surface area contributed by atoms with Crippen molar-refractivity contribution in [3.63, 3.8) is 0 Å². The molecule has 100 valence electrons. The predicted octanol–water partition coefficient (Wildman–Crippen LogP) is 4.07. The molecule has 1 aliphatic carbocycles. The topological polar surface area (TPSA) is 24.9 Å². The Labute approximate surface area is 115 Å². The highest BCUT2D eigenvalue weighted by Crippen LogP contribution is 2.29. The van der Waals surface area contributed by atoms with Gasteiger partial charge in [-0.2, -0.15) is 0 Å². The van der Waals surface area contributed by atoms with Crippen LogP contribution in [-0.2, 0) is 0 Å². The summed E-state index contributed by atoms with van der Waals surface area (Å²) in [5, 5.41) is 6.37. The SMILES string of the molecule is CC1CCCC1N[C@H](C)c1cccc2cnccc12. The number of hydrogen-bond acceptors (Lipinski definition) is 2. The van der Waals surface area contributed by atoms with Gasteiger partial charge in [0, 0.05) is 29.9 Å². The van der Waals surface area contributed by atoms with E-state index in [2.05, 4.69) is 48.4 Å². The van der Waals surface area contributed by atoms with Crippen molar-refractivity contribution in [2.24, 2.45) is 5.92 Å². The summed E-state index contributed by atoms with van der Waals surface area (Å²) in [6, 6.07) is 9.70. The lowest BCUT2D eigenvalue weighted by Crippen LogP contribution is -2.33. The molecule has 0 aliphatic heterocycles. The highest BCUT2D eigenvalue weighted by atomic mass is 15.0. The van der Waals surface area contributed by atoms with Crippen LogP contribution in [0.25, 0.3) is 10.8 Å². The van der Waals surface area contributed by atoms with Gasteiger partial charge in [-0.15, -0.1) is 0 Å². The fourth-order valence-corrected chi connectivity index (χ4v) is 3.33. The summed E-state index contributed by atoms with van der Waals surface area (Å²) in [7, 11) is 0. The van der Waals surface area contributed by atoms with Gasteiger partial charge in [0.1, 0.15) is 0 Å². The molecule has 2 heteroatoms. The molecule has 1 aromatic carbocycles. The number of rotatable bonds is 3. The lowest BCUT2D eigenvalue weighted by atomic mass is 9.99. The van der Waals surface area contributed by atoms with Gasteiger partial charge in [-0.1, -0.05) is 31.5 Å². The fraction of sp³-hybridized carbons (Fsp3) is 0.471. The van der Waals surface area contributed by atoms with Crippen LogP contribution in [-0.4, -0.2) is 11.0 Å². The standard InChI is InChI=1S/C17H22N2/c1-12-5-3-8-17(12)19-13(2)15-7-4-6-14-11-18-10-9-16(14)15/h4,6-7,9-13,17,19H,3,5,8H2,1-2H3/t12?,13-,17?/m1/s1. The molecular formula is C17H22N2. The molecular weight excluding hydrogens is 232 g/mol. The Balaban J connectivity index is 1.87.